The number of carbonyl (C=O) groups excluding carboxylic acids is 2. The summed E-state index contributed by atoms with van der Waals surface area (Å²) < 4.78 is 5.17. The van der Waals surface area contributed by atoms with Crippen molar-refractivity contribution >= 4 is 40.9 Å². The molecule has 0 aliphatic carbocycles. The van der Waals surface area contributed by atoms with Crippen LogP contribution in [-0.2, 0) is 20.7 Å². The van der Waals surface area contributed by atoms with Crippen LogP contribution in [0.1, 0.15) is 23.6 Å². The van der Waals surface area contributed by atoms with E-state index >= 15 is 0 Å². The lowest BCUT2D eigenvalue weighted by atomic mass is 10.0. The van der Waals surface area contributed by atoms with Crippen LogP contribution in [0, 0.1) is 13.8 Å². The van der Waals surface area contributed by atoms with Gasteiger partial charge in [-0.25, -0.2) is 4.98 Å². The van der Waals surface area contributed by atoms with E-state index in [1.165, 1.54) is 19.2 Å². The number of aromatic nitrogens is 1. The number of anilines is 1. The Morgan fingerprint density at radius 1 is 1.20 bits per heavy atom. The molecule has 25 heavy (non-hydrogen) atoms. The molecule has 0 aliphatic rings. The first-order valence-electron chi connectivity index (χ1n) is 7.64. The highest BCUT2D eigenvalue weighted by Gasteiger charge is 2.19. The number of nitrogens with one attached hydrogen (secondary N) is 1. The molecule has 1 aromatic carbocycles. The molecule has 1 heterocycles. The predicted octanol–water partition coefficient (Wildman–Crippen LogP) is 4.12. The van der Waals surface area contributed by atoms with Gasteiger partial charge >= 0.3 is 5.97 Å². The maximum Gasteiger partial charge on any atom is 0.311 e. The number of hydrogen-bond donors (Lipinski definition) is 1. The summed E-state index contributed by atoms with van der Waals surface area (Å²) >= 11 is 11.7. The number of amides is 1. The molecule has 7 heteroatoms. The van der Waals surface area contributed by atoms with Gasteiger partial charge in [-0.3, -0.25) is 9.59 Å². The molecule has 0 bridgehead atoms. The molecule has 1 aromatic heterocycles. The lowest BCUT2D eigenvalue weighted by Crippen LogP contribution is -2.30. The molecule has 1 amide bonds. The van der Waals surface area contributed by atoms with Crippen LogP contribution in [-0.4, -0.2) is 23.0 Å². The fourth-order valence-corrected chi connectivity index (χ4v) is 2.52. The number of ether oxygens (including phenoxy) is 1. The number of carbonyl (C=O) groups is 2. The van der Waals surface area contributed by atoms with E-state index in [4.69, 9.17) is 27.9 Å². The first kappa shape index (κ1) is 19.2. The normalized spacial score (nSPS) is 11.7. The van der Waals surface area contributed by atoms with E-state index in [-0.39, 0.29) is 17.3 Å². The lowest BCUT2D eigenvalue weighted by molar-refractivity contribution is -0.152. The molecule has 0 fully saturated rings. The Hall–Kier alpha value is -2.11. The average molecular weight is 381 g/mol. The fraction of sp³-hybridized carbons (Fsp3) is 0.278. The molecular formula is C18H18Cl2N2O3. The third kappa shape index (κ3) is 5.44. The van der Waals surface area contributed by atoms with Gasteiger partial charge in [0.05, 0.1) is 16.5 Å². The Balaban J connectivity index is 1.93. The monoisotopic (exact) mass is 380 g/mol. The van der Waals surface area contributed by atoms with Gasteiger partial charge in [0.2, 0.25) is 0 Å². The van der Waals surface area contributed by atoms with E-state index in [2.05, 4.69) is 10.3 Å². The minimum atomic E-state index is -0.979. The molecule has 0 saturated heterocycles. The van der Waals surface area contributed by atoms with Crippen LogP contribution in [0.4, 0.5) is 5.82 Å². The molecule has 0 aliphatic heterocycles. The van der Waals surface area contributed by atoms with Crippen molar-refractivity contribution in [3.63, 3.8) is 0 Å². The van der Waals surface area contributed by atoms with Gasteiger partial charge in [0, 0.05) is 6.20 Å². The van der Waals surface area contributed by atoms with Gasteiger partial charge in [-0.2, -0.15) is 0 Å². The lowest BCUT2D eigenvalue weighted by Gasteiger charge is -2.14. The zero-order valence-corrected chi connectivity index (χ0v) is 15.6. The summed E-state index contributed by atoms with van der Waals surface area (Å²) in [5.74, 6) is -0.848. The standard InChI is InChI=1S/C18H18Cl2N2O3/c1-10-4-5-13(6-11(10)2)7-16(23)25-12(3)18(24)22-17-15(20)8-14(19)9-21-17/h4-6,8-9,12H,7H2,1-3H3,(H,21,22,24)/t12-/m1/s1. The van der Waals surface area contributed by atoms with E-state index in [1.54, 1.807) is 0 Å². The largest absolute Gasteiger partial charge is 0.452 e. The van der Waals surface area contributed by atoms with Crippen LogP contribution >= 0.6 is 23.2 Å². The summed E-state index contributed by atoms with van der Waals surface area (Å²) in [5, 5.41) is 3.07. The van der Waals surface area contributed by atoms with Crippen molar-refractivity contribution in [2.75, 3.05) is 5.32 Å². The third-order valence-corrected chi connectivity index (χ3v) is 4.14. The third-order valence-electron chi connectivity index (χ3n) is 3.65. The number of pyridine rings is 1. The van der Waals surface area contributed by atoms with Crippen LogP contribution in [0.2, 0.25) is 10.0 Å². The predicted molar refractivity (Wildman–Crippen MR) is 98.1 cm³/mol. The van der Waals surface area contributed by atoms with Gasteiger partial charge < -0.3 is 10.1 Å². The van der Waals surface area contributed by atoms with E-state index in [0.717, 1.165) is 16.7 Å². The first-order chi connectivity index (χ1) is 11.8. The van der Waals surface area contributed by atoms with Gasteiger partial charge in [0.25, 0.3) is 5.91 Å². The number of hydrogen-bond acceptors (Lipinski definition) is 4. The second-order valence-electron chi connectivity index (χ2n) is 5.70. The maximum absolute atomic E-state index is 12.1. The molecule has 5 nitrogen and oxygen atoms in total. The second-order valence-corrected chi connectivity index (χ2v) is 6.54. The summed E-state index contributed by atoms with van der Waals surface area (Å²) in [6, 6.07) is 7.20. The van der Waals surface area contributed by atoms with Crippen molar-refractivity contribution in [2.24, 2.45) is 0 Å². The number of nitrogens with zero attached hydrogens (tertiary/aromatic N) is 1. The van der Waals surface area contributed by atoms with Gasteiger partial charge in [0.1, 0.15) is 0 Å². The number of benzene rings is 1. The minimum absolute atomic E-state index is 0.0959. The molecule has 1 N–H and O–H groups in total. The van der Waals surface area contributed by atoms with Gasteiger partial charge in [0.15, 0.2) is 11.9 Å². The van der Waals surface area contributed by atoms with Crippen LogP contribution in [0.3, 0.4) is 0 Å². The Morgan fingerprint density at radius 2 is 1.92 bits per heavy atom. The average Bonchev–Trinajstić information content (AvgIpc) is 2.53. The van der Waals surface area contributed by atoms with Crippen LogP contribution in [0.25, 0.3) is 0 Å². The van der Waals surface area contributed by atoms with E-state index in [1.807, 2.05) is 32.0 Å². The maximum atomic E-state index is 12.1. The van der Waals surface area contributed by atoms with E-state index < -0.39 is 18.0 Å². The molecule has 2 rings (SSSR count). The highest BCUT2D eigenvalue weighted by molar-refractivity contribution is 6.36. The van der Waals surface area contributed by atoms with Crippen LogP contribution in [0.5, 0.6) is 0 Å². The topological polar surface area (TPSA) is 68.3 Å². The van der Waals surface area contributed by atoms with Crippen molar-refractivity contribution in [1.82, 2.24) is 4.98 Å². The Labute approximate surface area is 156 Å². The summed E-state index contributed by atoms with van der Waals surface area (Å²) in [6.07, 6.45) is 0.477. The van der Waals surface area contributed by atoms with Crippen LogP contribution in [0.15, 0.2) is 30.5 Å². The Morgan fingerprint density at radius 3 is 2.56 bits per heavy atom. The molecule has 0 unspecified atom stereocenters. The summed E-state index contributed by atoms with van der Waals surface area (Å²) in [6.45, 7) is 5.46. The molecule has 2 aromatic rings. The summed E-state index contributed by atoms with van der Waals surface area (Å²) in [4.78, 5) is 28.1. The molecule has 132 valence electrons. The van der Waals surface area contributed by atoms with Gasteiger partial charge in [-0.05, 0) is 43.5 Å². The minimum Gasteiger partial charge on any atom is -0.452 e. The zero-order valence-electron chi connectivity index (χ0n) is 14.1. The smallest absolute Gasteiger partial charge is 0.311 e. The Kier molecular flexibility index (Phi) is 6.39. The Bertz CT molecular complexity index is 809. The fourth-order valence-electron chi connectivity index (χ4n) is 2.10. The van der Waals surface area contributed by atoms with Crippen molar-refractivity contribution in [3.05, 3.63) is 57.2 Å². The van der Waals surface area contributed by atoms with E-state index in [0.29, 0.717) is 5.02 Å². The van der Waals surface area contributed by atoms with Crippen molar-refractivity contribution in [1.29, 1.82) is 0 Å². The number of esters is 1. The molecule has 1 atom stereocenters. The summed E-state index contributed by atoms with van der Waals surface area (Å²) in [5.41, 5.74) is 3.08. The van der Waals surface area contributed by atoms with Gasteiger partial charge in [-0.15, -0.1) is 0 Å². The SMILES string of the molecule is Cc1ccc(CC(=O)O[C@H](C)C(=O)Nc2ncc(Cl)cc2Cl)cc1C. The van der Waals surface area contributed by atoms with Gasteiger partial charge in [-0.1, -0.05) is 41.4 Å². The highest BCUT2D eigenvalue weighted by atomic mass is 35.5. The molecule has 0 saturated carbocycles. The quantitative estimate of drug-likeness (QED) is 0.792. The van der Waals surface area contributed by atoms with Crippen molar-refractivity contribution in [2.45, 2.75) is 33.3 Å². The molecule has 0 radical (unpaired) electrons. The van der Waals surface area contributed by atoms with Crippen LogP contribution < -0.4 is 5.32 Å². The first-order valence-corrected chi connectivity index (χ1v) is 8.39. The second kappa shape index (κ2) is 8.32. The number of rotatable bonds is 5. The highest BCUT2D eigenvalue weighted by Crippen LogP contribution is 2.22. The summed E-state index contributed by atoms with van der Waals surface area (Å²) in [7, 11) is 0. The van der Waals surface area contributed by atoms with Crippen molar-refractivity contribution < 1.29 is 14.3 Å². The number of aryl methyl sites for hydroxylation is 2. The van der Waals surface area contributed by atoms with E-state index in [9.17, 15) is 9.59 Å². The van der Waals surface area contributed by atoms with Crippen molar-refractivity contribution in [3.8, 4) is 0 Å². The molecule has 0 spiro atoms. The molecular weight excluding hydrogens is 363 g/mol. The zero-order chi connectivity index (χ0) is 18.6. The number of halogens is 2.